The minimum absolute atomic E-state index is 0.246. The first-order valence-corrected chi connectivity index (χ1v) is 3.72. The number of halogens is 1. The van der Waals surface area contributed by atoms with E-state index in [4.69, 9.17) is 16.3 Å². The van der Waals surface area contributed by atoms with Crippen molar-refractivity contribution in [2.75, 3.05) is 19.1 Å². The zero-order valence-corrected chi connectivity index (χ0v) is 6.92. The maximum absolute atomic E-state index is 9.85. The van der Waals surface area contributed by atoms with Crippen molar-refractivity contribution in [1.29, 1.82) is 0 Å². The lowest BCUT2D eigenvalue weighted by atomic mass is 10.4. The molecule has 0 N–H and O–H groups in total. The molecule has 0 radical (unpaired) electrons. The Balaban J connectivity index is 3.34. The van der Waals surface area contributed by atoms with E-state index in [0.29, 0.717) is 19.7 Å². The van der Waals surface area contributed by atoms with Crippen molar-refractivity contribution in [2.24, 2.45) is 0 Å². The van der Waals surface area contributed by atoms with Crippen molar-refractivity contribution >= 4 is 18.1 Å². The van der Waals surface area contributed by atoms with Crippen LogP contribution in [0.3, 0.4) is 0 Å². The highest BCUT2D eigenvalue weighted by Gasteiger charge is 2.05. The smallest absolute Gasteiger partial charge is 0.293 e. The monoisotopic (exact) mass is 178 g/mol. The molecule has 0 aromatic carbocycles. The van der Waals surface area contributed by atoms with Gasteiger partial charge in [-0.3, -0.25) is 4.79 Å². The van der Waals surface area contributed by atoms with Crippen molar-refractivity contribution in [1.82, 2.24) is 0 Å². The van der Waals surface area contributed by atoms with E-state index in [1.54, 1.807) is 6.08 Å². The number of rotatable bonds is 7. The quantitative estimate of drug-likeness (QED) is 0.252. The average molecular weight is 179 g/mol. The Morgan fingerprint density at radius 2 is 2.36 bits per heavy atom. The van der Waals surface area contributed by atoms with Crippen molar-refractivity contribution in [2.45, 2.75) is 6.10 Å². The van der Waals surface area contributed by atoms with E-state index in [9.17, 15) is 4.79 Å². The molecule has 0 aliphatic rings. The number of alkyl halides is 1. The van der Waals surface area contributed by atoms with Gasteiger partial charge in [0.1, 0.15) is 6.10 Å². The van der Waals surface area contributed by atoms with Gasteiger partial charge in [0.2, 0.25) is 0 Å². The molecule has 0 aliphatic carbocycles. The molecule has 0 saturated heterocycles. The summed E-state index contributed by atoms with van der Waals surface area (Å²) in [5, 5.41) is 0. The van der Waals surface area contributed by atoms with Crippen LogP contribution in [-0.4, -0.2) is 31.7 Å². The Bertz CT molecular complexity index is 116. The lowest BCUT2D eigenvalue weighted by Gasteiger charge is -2.10. The second-order valence-corrected chi connectivity index (χ2v) is 2.14. The molecule has 64 valence electrons. The highest BCUT2D eigenvalue weighted by Crippen LogP contribution is 1.94. The molecule has 0 amide bonds. The Hall–Kier alpha value is -0.540. The third kappa shape index (κ3) is 5.88. The van der Waals surface area contributed by atoms with Gasteiger partial charge in [0, 0.05) is 0 Å². The summed E-state index contributed by atoms with van der Waals surface area (Å²) in [4.78, 5) is 9.85. The standard InChI is InChI=1S/C7H11ClO3/c1-2-3-10-5-7(4-8)11-6-9/h2,6-7H,1,3-5H2. The summed E-state index contributed by atoms with van der Waals surface area (Å²) in [6, 6.07) is 0. The topological polar surface area (TPSA) is 35.5 Å². The zero-order chi connectivity index (χ0) is 8.53. The Kier molecular flexibility index (Phi) is 7.19. The zero-order valence-electron chi connectivity index (χ0n) is 6.16. The maximum atomic E-state index is 9.85. The Morgan fingerprint density at radius 1 is 1.64 bits per heavy atom. The highest BCUT2D eigenvalue weighted by molar-refractivity contribution is 6.18. The largest absolute Gasteiger partial charge is 0.461 e. The van der Waals surface area contributed by atoms with Crippen LogP contribution in [-0.2, 0) is 14.3 Å². The SMILES string of the molecule is C=CCOCC(CCl)OC=O. The summed E-state index contributed by atoms with van der Waals surface area (Å²) >= 11 is 5.44. The third-order valence-electron chi connectivity index (χ3n) is 0.960. The van der Waals surface area contributed by atoms with Gasteiger partial charge < -0.3 is 9.47 Å². The van der Waals surface area contributed by atoms with E-state index >= 15 is 0 Å². The number of hydrogen-bond acceptors (Lipinski definition) is 3. The van der Waals surface area contributed by atoms with Gasteiger partial charge >= 0.3 is 0 Å². The van der Waals surface area contributed by atoms with E-state index in [-0.39, 0.29) is 12.0 Å². The van der Waals surface area contributed by atoms with Crippen LogP contribution in [0.1, 0.15) is 0 Å². The summed E-state index contributed by atoms with van der Waals surface area (Å²) in [6.07, 6.45) is 1.26. The van der Waals surface area contributed by atoms with Gasteiger partial charge in [-0.2, -0.15) is 0 Å². The summed E-state index contributed by atoms with van der Waals surface area (Å²) in [6.45, 7) is 4.58. The fraction of sp³-hybridized carbons (Fsp3) is 0.571. The second kappa shape index (κ2) is 7.57. The molecule has 0 saturated carbocycles. The molecule has 0 fully saturated rings. The molecule has 1 atom stereocenters. The van der Waals surface area contributed by atoms with Crippen LogP contribution in [0.25, 0.3) is 0 Å². The average Bonchev–Trinajstić information content (AvgIpc) is 2.03. The molecule has 11 heavy (non-hydrogen) atoms. The van der Waals surface area contributed by atoms with Crippen LogP contribution in [0.15, 0.2) is 12.7 Å². The first kappa shape index (κ1) is 10.5. The fourth-order valence-corrected chi connectivity index (χ4v) is 0.643. The normalized spacial score (nSPS) is 12.1. The minimum atomic E-state index is -0.353. The maximum Gasteiger partial charge on any atom is 0.293 e. The van der Waals surface area contributed by atoms with Crippen LogP contribution in [0.5, 0.6) is 0 Å². The molecule has 1 unspecified atom stereocenters. The minimum Gasteiger partial charge on any atom is -0.461 e. The second-order valence-electron chi connectivity index (χ2n) is 1.83. The molecular formula is C7H11ClO3. The van der Waals surface area contributed by atoms with Crippen LogP contribution in [0.4, 0.5) is 0 Å². The predicted molar refractivity (Wildman–Crippen MR) is 42.7 cm³/mol. The summed E-state index contributed by atoms with van der Waals surface area (Å²) in [7, 11) is 0. The Labute approximate surface area is 70.9 Å². The van der Waals surface area contributed by atoms with Gasteiger partial charge in [0.05, 0.1) is 19.1 Å². The third-order valence-corrected chi connectivity index (χ3v) is 1.30. The number of carbonyl (C=O) groups is 1. The lowest BCUT2D eigenvalue weighted by molar-refractivity contribution is -0.135. The van der Waals surface area contributed by atoms with Gasteiger partial charge in [-0.1, -0.05) is 6.08 Å². The van der Waals surface area contributed by atoms with Crippen LogP contribution in [0, 0.1) is 0 Å². The lowest BCUT2D eigenvalue weighted by Crippen LogP contribution is -2.21. The van der Waals surface area contributed by atoms with Crippen molar-refractivity contribution < 1.29 is 14.3 Å². The van der Waals surface area contributed by atoms with Gasteiger partial charge in [0.15, 0.2) is 0 Å². The molecule has 4 heteroatoms. The van der Waals surface area contributed by atoms with Crippen LogP contribution < -0.4 is 0 Å². The van der Waals surface area contributed by atoms with Crippen LogP contribution >= 0.6 is 11.6 Å². The highest BCUT2D eigenvalue weighted by atomic mass is 35.5. The predicted octanol–water partition coefficient (Wildman–Crippen LogP) is 0.969. The van der Waals surface area contributed by atoms with Gasteiger partial charge in [-0.15, -0.1) is 18.2 Å². The summed E-state index contributed by atoms with van der Waals surface area (Å²) in [5.41, 5.74) is 0. The van der Waals surface area contributed by atoms with Crippen molar-refractivity contribution in [3.63, 3.8) is 0 Å². The van der Waals surface area contributed by atoms with Gasteiger partial charge in [-0.05, 0) is 0 Å². The number of carbonyl (C=O) groups excluding carboxylic acids is 1. The molecule has 0 aromatic rings. The molecule has 3 nitrogen and oxygen atoms in total. The van der Waals surface area contributed by atoms with E-state index in [1.165, 1.54) is 0 Å². The summed E-state index contributed by atoms with van der Waals surface area (Å²) in [5.74, 6) is 0.246. The molecule has 0 heterocycles. The molecule has 0 bridgehead atoms. The van der Waals surface area contributed by atoms with E-state index in [1.807, 2.05) is 0 Å². The van der Waals surface area contributed by atoms with E-state index < -0.39 is 0 Å². The van der Waals surface area contributed by atoms with E-state index in [2.05, 4.69) is 11.3 Å². The van der Waals surface area contributed by atoms with Gasteiger partial charge in [-0.25, -0.2) is 0 Å². The first-order chi connectivity index (χ1) is 5.35. The number of hydrogen-bond donors (Lipinski definition) is 0. The molecule has 0 aromatic heterocycles. The van der Waals surface area contributed by atoms with Crippen LogP contribution in [0.2, 0.25) is 0 Å². The van der Waals surface area contributed by atoms with E-state index in [0.717, 1.165) is 0 Å². The number of ether oxygens (including phenoxy) is 2. The summed E-state index contributed by atoms with van der Waals surface area (Å²) < 4.78 is 9.57. The Morgan fingerprint density at radius 3 is 2.82 bits per heavy atom. The van der Waals surface area contributed by atoms with Gasteiger partial charge in [0.25, 0.3) is 6.47 Å². The molecular weight excluding hydrogens is 168 g/mol. The van der Waals surface area contributed by atoms with Crippen molar-refractivity contribution in [3.8, 4) is 0 Å². The molecule has 0 spiro atoms. The first-order valence-electron chi connectivity index (χ1n) is 3.18. The molecule has 0 rings (SSSR count). The fourth-order valence-electron chi connectivity index (χ4n) is 0.482. The van der Waals surface area contributed by atoms with Crippen molar-refractivity contribution in [3.05, 3.63) is 12.7 Å². The molecule has 0 aliphatic heterocycles.